The van der Waals surface area contributed by atoms with Gasteiger partial charge in [-0.1, -0.05) is 0 Å². The lowest BCUT2D eigenvalue weighted by Crippen LogP contribution is -2.42. The number of hydrogen-bond donors (Lipinski definition) is 7. The topological polar surface area (TPSA) is 280 Å². The van der Waals surface area contributed by atoms with Crippen LogP contribution in [0.1, 0.15) is 76.2 Å². The van der Waals surface area contributed by atoms with Gasteiger partial charge < -0.3 is 60.9 Å². The molecular formula is C30H61N5O14. The fourth-order valence-corrected chi connectivity index (χ4v) is 1.87. The first-order chi connectivity index (χ1) is 22.1. The van der Waals surface area contributed by atoms with Gasteiger partial charge in [-0.2, -0.15) is 0 Å². The second-order valence-corrected chi connectivity index (χ2v) is 11.8. The zero-order chi connectivity index (χ0) is 40.3. The molecule has 8 N–H and O–H groups in total. The van der Waals surface area contributed by atoms with Crippen LogP contribution in [0.25, 0.3) is 0 Å². The van der Waals surface area contributed by atoms with Crippen molar-refractivity contribution in [2.75, 3.05) is 35.4 Å². The highest BCUT2D eigenvalue weighted by atomic mass is 16.6. The highest BCUT2D eigenvalue weighted by Gasteiger charge is 2.21. The molecule has 0 aliphatic rings. The summed E-state index contributed by atoms with van der Waals surface area (Å²) in [5.41, 5.74) is 3.89. The second-order valence-electron chi connectivity index (χ2n) is 11.8. The van der Waals surface area contributed by atoms with E-state index in [0.717, 1.165) is 0 Å². The standard InChI is InChI=1S/C9H17NO4.C8H15NO4.C5H11NO2.2C4H9NO2/c1-6(7(11)13-5)10-8(12)14-9(2,3)4;1-5(6(10)11)9-7(12)13-8(2,3)4;1-4(6-2)5(7)8-3;1-3(5)4(6)7-2;1-3(5-2)4(6)7/h6H,1-5H3,(H,10,12);5H,1-4H3,(H,9,12)(H,10,11);4,6H,1-3H3;3H,5H2,1-2H3;3,5H,1-2H3,(H,6,7)/t6-;5-;4-;2*3-/m11111/s1. The number of esters is 3. The van der Waals surface area contributed by atoms with Gasteiger partial charge in [0.1, 0.15) is 41.4 Å². The van der Waals surface area contributed by atoms with Crippen LogP contribution in [-0.4, -0.2) is 129 Å². The van der Waals surface area contributed by atoms with Gasteiger partial charge in [0.05, 0.1) is 21.3 Å². The highest BCUT2D eigenvalue weighted by Crippen LogP contribution is 2.07. The van der Waals surface area contributed by atoms with Crippen molar-refractivity contribution in [2.24, 2.45) is 5.73 Å². The molecule has 0 spiro atoms. The minimum Gasteiger partial charge on any atom is -0.480 e. The fourth-order valence-electron chi connectivity index (χ4n) is 1.87. The molecule has 0 heterocycles. The SMILES string of the molecule is CN[C@H](C)C(=O)O.CN[C@H](C)C(=O)OC.COC(=O)[C@@H](C)N.COC(=O)[C@@H](C)NC(=O)OC(C)(C)C.C[C@@H](NC(=O)OC(C)(C)C)C(=O)O. The molecule has 0 fully saturated rings. The van der Waals surface area contributed by atoms with Gasteiger partial charge >= 0.3 is 42.0 Å². The molecule has 0 aromatic carbocycles. The number of nitrogens with one attached hydrogen (secondary N) is 4. The third-order valence-electron chi connectivity index (χ3n) is 4.76. The van der Waals surface area contributed by atoms with Crippen molar-refractivity contribution < 1.29 is 67.5 Å². The van der Waals surface area contributed by atoms with E-state index in [1.54, 1.807) is 76.4 Å². The first-order valence-corrected chi connectivity index (χ1v) is 14.8. The van der Waals surface area contributed by atoms with Crippen LogP contribution in [0.4, 0.5) is 9.59 Å². The largest absolute Gasteiger partial charge is 0.480 e. The molecule has 0 aromatic heterocycles. The van der Waals surface area contributed by atoms with E-state index in [1.807, 2.05) is 0 Å². The number of hydrogen-bond acceptors (Lipinski definition) is 15. The van der Waals surface area contributed by atoms with E-state index in [2.05, 4.69) is 35.5 Å². The molecule has 5 atom stereocenters. The Hall–Kier alpha value is -4.23. The Balaban J connectivity index is -0.000000170. The summed E-state index contributed by atoms with van der Waals surface area (Å²) < 4.78 is 22.9. The molecule has 0 aliphatic heterocycles. The summed E-state index contributed by atoms with van der Waals surface area (Å²) in [6.45, 7) is 18.1. The smallest absolute Gasteiger partial charge is 0.408 e. The van der Waals surface area contributed by atoms with Crippen molar-refractivity contribution >= 4 is 42.0 Å². The number of carbonyl (C=O) groups is 7. The van der Waals surface area contributed by atoms with Crippen molar-refractivity contribution in [3.8, 4) is 0 Å². The summed E-state index contributed by atoms with van der Waals surface area (Å²) >= 11 is 0. The zero-order valence-electron chi connectivity index (χ0n) is 31.8. The van der Waals surface area contributed by atoms with Crippen LogP contribution >= 0.6 is 0 Å². The Morgan fingerprint density at radius 3 is 0.980 bits per heavy atom. The van der Waals surface area contributed by atoms with Gasteiger partial charge in [0, 0.05) is 0 Å². The Bertz CT molecular complexity index is 995. The normalized spacial score (nSPS) is 13.1. The van der Waals surface area contributed by atoms with E-state index < -0.39 is 65.5 Å². The molecule has 0 aromatic rings. The number of alkyl carbamates (subject to hydrolysis) is 2. The number of ether oxygens (including phenoxy) is 5. The summed E-state index contributed by atoms with van der Waals surface area (Å²) in [6, 6.07) is -2.75. The van der Waals surface area contributed by atoms with Gasteiger partial charge in [0.15, 0.2) is 0 Å². The number of nitrogens with two attached hydrogens (primary N) is 1. The molecule has 2 amide bonds. The number of aliphatic carboxylic acids is 2. The number of carboxylic acid groups (broad SMARTS) is 2. The minimum atomic E-state index is -1.09. The molecule has 0 aliphatic carbocycles. The second kappa shape index (κ2) is 28.8. The van der Waals surface area contributed by atoms with Gasteiger partial charge in [0.25, 0.3) is 0 Å². The van der Waals surface area contributed by atoms with Crippen molar-refractivity contribution in [1.29, 1.82) is 0 Å². The van der Waals surface area contributed by atoms with E-state index >= 15 is 0 Å². The van der Waals surface area contributed by atoms with E-state index in [9.17, 15) is 33.6 Å². The average Bonchev–Trinajstić information content (AvgIpc) is 2.97. The van der Waals surface area contributed by atoms with E-state index in [-0.39, 0.29) is 18.0 Å². The van der Waals surface area contributed by atoms with Crippen molar-refractivity contribution in [1.82, 2.24) is 21.3 Å². The molecule has 0 saturated heterocycles. The molecule has 0 unspecified atom stereocenters. The first kappa shape index (κ1) is 54.2. The monoisotopic (exact) mass is 715 g/mol. The summed E-state index contributed by atoms with van der Waals surface area (Å²) in [4.78, 5) is 73.9. The molecule has 49 heavy (non-hydrogen) atoms. The maximum Gasteiger partial charge on any atom is 0.408 e. The molecule has 0 bridgehead atoms. The van der Waals surface area contributed by atoms with Crippen molar-refractivity contribution in [3.63, 3.8) is 0 Å². The van der Waals surface area contributed by atoms with Crippen LogP contribution in [0.2, 0.25) is 0 Å². The molecule has 0 saturated carbocycles. The lowest BCUT2D eigenvalue weighted by atomic mass is 10.2. The third kappa shape index (κ3) is 39.9. The molecule has 19 nitrogen and oxygen atoms in total. The lowest BCUT2D eigenvalue weighted by Gasteiger charge is -2.21. The van der Waals surface area contributed by atoms with Crippen LogP contribution in [0, 0.1) is 0 Å². The molecular weight excluding hydrogens is 654 g/mol. The van der Waals surface area contributed by atoms with E-state index in [4.69, 9.17) is 25.4 Å². The van der Waals surface area contributed by atoms with Gasteiger partial charge in [-0.3, -0.25) is 19.2 Å². The van der Waals surface area contributed by atoms with Gasteiger partial charge in [-0.15, -0.1) is 0 Å². The van der Waals surface area contributed by atoms with Gasteiger partial charge in [0.2, 0.25) is 0 Å². The summed E-state index contributed by atoms with van der Waals surface area (Å²) in [5, 5.41) is 26.4. The number of carboxylic acids is 2. The molecule has 19 heteroatoms. The number of likely N-dealkylation sites (N-methyl/N-ethyl adjacent to an activating group) is 2. The Morgan fingerprint density at radius 2 is 0.816 bits per heavy atom. The number of methoxy groups -OCH3 is 3. The maximum absolute atomic E-state index is 11.1. The maximum atomic E-state index is 11.1. The number of rotatable bonds is 9. The van der Waals surface area contributed by atoms with Crippen LogP contribution in [0.5, 0.6) is 0 Å². The van der Waals surface area contributed by atoms with Crippen molar-refractivity contribution in [3.05, 3.63) is 0 Å². The van der Waals surface area contributed by atoms with Gasteiger partial charge in [-0.25, -0.2) is 14.4 Å². The molecule has 0 rings (SSSR count). The van der Waals surface area contributed by atoms with Crippen LogP contribution in [0.15, 0.2) is 0 Å². The van der Waals surface area contributed by atoms with Crippen LogP contribution in [0.3, 0.4) is 0 Å². The molecule has 0 radical (unpaired) electrons. The van der Waals surface area contributed by atoms with Gasteiger partial charge in [-0.05, 0) is 90.3 Å². The Morgan fingerprint density at radius 1 is 0.531 bits per heavy atom. The average molecular weight is 716 g/mol. The quantitative estimate of drug-likeness (QED) is 0.129. The molecule has 290 valence electrons. The van der Waals surface area contributed by atoms with Crippen molar-refractivity contribution in [2.45, 2.75) is 118 Å². The highest BCUT2D eigenvalue weighted by molar-refractivity contribution is 5.81. The third-order valence-corrected chi connectivity index (χ3v) is 4.76. The van der Waals surface area contributed by atoms with Crippen LogP contribution in [-0.2, 0) is 47.7 Å². The summed E-state index contributed by atoms with van der Waals surface area (Å²) in [6.07, 6.45) is -1.35. The van der Waals surface area contributed by atoms with E-state index in [0.29, 0.717) is 0 Å². The van der Waals surface area contributed by atoms with E-state index in [1.165, 1.54) is 35.2 Å². The minimum absolute atomic E-state index is 0.194. The summed E-state index contributed by atoms with van der Waals surface area (Å²) in [7, 11) is 7.26. The number of carbonyl (C=O) groups excluding carboxylic acids is 5. The number of amides is 2. The predicted octanol–water partition coefficient (Wildman–Crippen LogP) is 1.01. The summed E-state index contributed by atoms with van der Waals surface area (Å²) in [5.74, 6) is -3.02. The Kier molecular flexibility index (Phi) is 31.8. The Labute approximate surface area is 289 Å². The van der Waals surface area contributed by atoms with Crippen LogP contribution < -0.4 is 27.0 Å². The predicted molar refractivity (Wildman–Crippen MR) is 180 cm³/mol. The zero-order valence-corrected chi connectivity index (χ0v) is 31.8. The lowest BCUT2D eigenvalue weighted by molar-refractivity contribution is -0.143. The first-order valence-electron chi connectivity index (χ1n) is 14.8. The fraction of sp³-hybridized carbons (Fsp3) is 0.767.